The summed E-state index contributed by atoms with van der Waals surface area (Å²) in [5.41, 5.74) is 3.25. The van der Waals surface area contributed by atoms with E-state index in [1.165, 1.54) is 19.3 Å². The van der Waals surface area contributed by atoms with Gasteiger partial charge in [-0.25, -0.2) is 0 Å². The molecule has 2 fully saturated rings. The summed E-state index contributed by atoms with van der Waals surface area (Å²) in [5.74, 6) is 3.48. The molecule has 0 saturated heterocycles. The number of benzene rings is 1. The molecule has 17 heavy (non-hydrogen) atoms. The summed E-state index contributed by atoms with van der Waals surface area (Å²) in [6.45, 7) is 4.66. The average Bonchev–Trinajstić information content (AvgIpc) is 2.89. The first-order chi connectivity index (χ1) is 8.18. The Kier molecular flexibility index (Phi) is 3.22. The van der Waals surface area contributed by atoms with Crippen LogP contribution in [-0.4, -0.2) is 3.92 Å². The molecule has 0 aromatic heterocycles. The second kappa shape index (κ2) is 4.56. The van der Waals surface area contributed by atoms with Crippen LogP contribution in [0.4, 0.5) is 0 Å². The van der Waals surface area contributed by atoms with Crippen molar-refractivity contribution in [3.05, 3.63) is 35.4 Å². The van der Waals surface area contributed by atoms with E-state index in [0.29, 0.717) is 5.92 Å². The minimum Gasteiger partial charge on any atom is -0.0816 e. The molecular formula is C16H21I. The third-order valence-electron chi connectivity index (χ3n) is 4.79. The molecular weight excluding hydrogens is 319 g/mol. The summed E-state index contributed by atoms with van der Waals surface area (Å²) in [5, 5.41) is 0. The van der Waals surface area contributed by atoms with Crippen LogP contribution in [0.15, 0.2) is 24.3 Å². The monoisotopic (exact) mass is 340 g/mol. The van der Waals surface area contributed by atoms with Crippen molar-refractivity contribution in [1.29, 1.82) is 0 Å². The van der Waals surface area contributed by atoms with E-state index < -0.39 is 0 Å². The fourth-order valence-corrected chi connectivity index (χ4v) is 5.61. The molecule has 0 aliphatic heterocycles. The molecule has 0 nitrogen and oxygen atoms in total. The fraction of sp³-hybridized carbons (Fsp3) is 0.625. The van der Waals surface area contributed by atoms with Crippen molar-refractivity contribution >= 4 is 22.6 Å². The molecule has 2 bridgehead atoms. The number of fused-ring (bicyclic) bond motifs is 2. The van der Waals surface area contributed by atoms with Gasteiger partial charge in [-0.1, -0.05) is 60.7 Å². The van der Waals surface area contributed by atoms with Gasteiger partial charge in [-0.3, -0.25) is 0 Å². The van der Waals surface area contributed by atoms with Crippen molar-refractivity contribution in [2.45, 2.75) is 48.9 Å². The molecule has 1 aromatic carbocycles. The van der Waals surface area contributed by atoms with Gasteiger partial charge in [0.05, 0.1) is 0 Å². The van der Waals surface area contributed by atoms with Crippen molar-refractivity contribution in [2.75, 3.05) is 0 Å². The van der Waals surface area contributed by atoms with Crippen molar-refractivity contribution in [3.8, 4) is 0 Å². The summed E-state index contributed by atoms with van der Waals surface area (Å²) in [6, 6.07) is 9.17. The molecule has 0 amide bonds. The Balaban J connectivity index is 1.99. The van der Waals surface area contributed by atoms with E-state index >= 15 is 0 Å². The standard InChI is InChI=1S/C16H21I/c1-10(2)13-5-3-4-6-14(13)15-11-7-8-12(9-11)16(15)17/h3-6,10-12,15-16H,7-9H2,1-2H3/t11-,12+,15-,16-/m0/s1. The van der Waals surface area contributed by atoms with Crippen LogP contribution >= 0.6 is 22.6 Å². The Hall–Kier alpha value is -0.0500. The molecule has 0 heterocycles. The van der Waals surface area contributed by atoms with Gasteiger partial charge < -0.3 is 0 Å². The van der Waals surface area contributed by atoms with Crippen LogP contribution in [0.3, 0.4) is 0 Å². The number of halogens is 1. The maximum atomic E-state index is 2.73. The molecule has 4 atom stereocenters. The Morgan fingerprint density at radius 2 is 1.82 bits per heavy atom. The van der Waals surface area contributed by atoms with Gasteiger partial charge in [0.25, 0.3) is 0 Å². The predicted octanol–water partition coefficient (Wildman–Crippen LogP) is 5.13. The first-order valence-electron chi connectivity index (χ1n) is 6.91. The number of rotatable bonds is 2. The Morgan fingerprint density at radius 1 is 1.12 bits per heavy atom. The lowest BCUT2D eigenvalue weighted by Crippen LogP contribution is -2.21. The van der Waals surface area contributed by atoms with Crippen LogP contribution in [0.1, 0.15) is 56.1 Å². The molecule has 0 radical (unpaired) electrons. The van der Waals surface area contributed by atoms with Crippen molar-refractivity contribution < 1.29 is 0 Å². The molecule has 2 saturated carbocycles. The number of hydrogen-bond donors (Lipinski definition) is 0. The first kappa shape index (κ1) is 12.0. The normalized spacial score (nSPS) is 35.8. The largest absolute Gasteiger partial charge is 0.0816 e. The van der Waals surface area contributed by atoms with Crippen LogP contribution in [0.5, 0.6) is 0 Å². The highest BCUT2D eigenvalue weighted by Crippen LogP contribution is 2.56. The smallest absolute Gasteiger partial charge is 0.0209 e. The van der Waals surface area contributed by atoms with Gasteiger partial charge in [0.2, 0.25) is 0 Å². The molecule has 2 aliphatic carbocycles. The van der Waals surface area contributed by atoms with E-state index in [9.17, 15) is 0 Å². The van der Waals surface area contributed by atoms with E-state index in [1.54, 1.807) is 11.1 Å². The van der Waals surface area contributed by atoms with Crippen LogP contribution in [-0.2, 0) is 0 Å². The molecule has 3 rings (SSSR count). The van der Waals surface area contributed by atoms with Gasteiger partial charge in [-0.2, -0.15) is 0 Å². The van der Waals surface area contributed by atoms with Crippen LogP contribution in [0.2, 0.25) is 0 Å². The number of alkyl halides is 1. The van der Waals surface area contributed by atoms with Crippen molar-refractivity contribution in [1.82, 2.24) is 0 Å². The second-order valence-electron chi connectivity index (χ2n) is 6.09. The van der Waals surface area contributed by atoms with Crippen molar-refractivity contribution in [2.24, 2.45) is 11.8 Å². The molecule has 92 valence electrons. The summed E-state index contributed by atoms with van der Waals surface area (Å²) in [4.78, 5) is 0. The highest BCUT2D eigenvalue weighted by Gasteiger charge is 2.47. The topological polar surface area (TPSA) is 0 Å². The van der Waals surface area contributed by atoms with Gasteiger partial charge in [0.15, 0.2) is 0 Å². The summed E-state index contributed by atoms with van der Waals surface area (Å²) >= 11 is 2.73. The molecule has 2 aliphatic rings. The zero-order valence-electron chi connectivity index (χ0n) is 10.7. The van der Waals surface area contributed by atoms with Crippen LogP contribution in [0.25, 0.3) is 0 Å². The lowest BCUT2D eigenvalue weighted by molar-refractivity contribution is 0.438. The summed E-state index contributed by atoms with van der Waals surface area (Å²) < 4.78 is 0.881. The van der Waals surface area contributed by atoms with Gasteiger partial charge in [-0.15, -0.1) is 0 Å². The minimum atomic E-state index is 0.661. The van der Waals surface area contributed by atoms with E-state index in [2.05, 4.69) is 60.7 Å². The first-order valence-corrected chi connectivity index (χ1v) is 8.16. The fourth-order valence-electron chi connectivity index (χ4n) is 3.99. The van der Waals surface area contributed by atoms with Crippen LogP contribution < -0.4 is 0 Å². The Labute approximate surface area is 118 Å². The predicted molar refractivity (Wildman–Crippen MR) is 81.9 cm³/mol. The second-order valence-corrected chi connectivity index (χ2v) is 7.53. The molecule has 1 aromatic rings. The summed E-state index contributed by atoms with van der Waals surface area (Å²) in [6.07, 6.45) is 4.45. The molecule has 0 unspecified atom stereocenters. The lowest BCUT2D eigenvalue weighted by Gasteiger charge is -2.30. The van der Waals surface area contributed by atoms with E-state index in [4.69, 9.17) is 0 Å². The van der Waals surface area contributed by atoms with Gasteiger partial charge in [0, 0.05) is 3.92 Å². The zero-order chi connectivity index (χ0) is 12.0. The average molecular weight is 340 g/mol. The van der Waals surface area contributed by atoms with Crippen LogP contribution in [0, 0.1) is 11.8 Å². The highest BCUT2D eigenvalue weighted by molar-refractivity contribution is 14.1. The molecule has 0 N–H and O–H groups in total. The number of hydrogen-bond acceptors (Lipinski definition) is 0. The SMILES string of the molecule is CC(C)c1ccccc1[C@@H]1[C@H]2CC[C@H](C2)[C@@H]1I. The quantitative estimate of drug-likeness (QED) is 0.517. The third-order valence-corrected chi connectivity index (χ3v) is 6.58. The van der Waals surface area contributed by atoms with E-state index in [-0.39, 0.29) is 0 Å². The van der Waals surface area contributed by atoms with Crippen molar-refractivity contribution in [3.63, 3.8) is 0 Å². The lowest BCUT2D eigenvalue weighted by atomic mass is 9.79. The maximum Gasteiger partial charge on any atom is 0.0209 e. The highest BCUT2D eigenvalue weighted by atomic mass is 127. The van der Waals surface area contributed by atoms with Gasteiger partial charge in [-0.05, 0) is 54.1 Å². The molecule has 1 heteroatoms. The zero-order valence-corrected chi connectivity index (χ0v) is 12.9. The molecule has 0 spiro atoms. The summed E-state index contributed by atoms with van der Waals surface area (Å²) in [7, 11) is 0. The maximum absolute atomic E-state index is 2.73. The third kappa shape index (κ3) is 1.94. The Bertz CT molecular complexity index is 408. The van der Waals surface area contributed by atoms with E-state index in [0.717, 1.165) is 21.7 Å². The van der Waals surface area contributed by atoms with Gasteiger partial charge >= 0.3 is 0 Å². The van der Waals surface area contributed by atoms with Gasteiger partial charge in [0.1, 0.15) is 0 Å². The minimum absolute atomic E-state index is 0.661. The Morgan fingerprint density at radius 3 is 2.47 bits per heavy atom. The van der Waals surface area contributed by atoms with E-state index in [1.807, 2.05) is 0 Å².